The van der Waals surface area contributed by atoms with Gasteiger partial charge >= 0.3 is 11.9 Å². The Kier molecular flexibility index (Phi) is 8.92. The number of fused-ring (bicyclic) bond motifs is 1. The fraction of sp³-hybridized carbons (Fsp3) is 0.484. The molecule has 0 radical (unpaired) electrons. The lowest BCUT2D eigenvalue weighted by Crippen LogP contribution is -2.53. The van der Waals surface area contributed by atoms with Gasteiger partial charge in [0.15, 0.2) is 29.6 Å². The van der Waals surface area contributed by atoms with E-state index in [2.05, 4.69) is 26.8 Å². The van der Waals surface area contributed by atoms with E-state index < -0.39 is 47.2 Å². The molecule has 1 saturated carbocycles. The zero-order valence-electron chi connectivity index (χ0n) is 24.9. The van der Waals surface area contributed by atoms with Crippen LogP contribution in [0.2, 0.25) is 5.28 Å². The first-order valence-electron chi connectivity index (χ1n) is 14.4. The molecule has 232 valence electrons. The standard InChI is InChI=1S/C31H34ClN5O7/c1-5-41-28(40)31(18(2)38,15-21-9-7-6-8-10-21)42-16-22-30(4,14-13-20-11-12-20)24(43-19(3)39)27(44-22)37-17-34-23-25(33)35-29(32)36-26(23)37/h6-10,17,20,22,24,27H,5,11-12,15-16H2,1-4H3,(H2,33,35,36)/t22-,24+,27-,30+,31?/m1/s1. The Morgan fingerprint density at radius 1 is 1.20 bits per heavy atom. The number of hydrogen-bond acceptors (Lipinski definition) is 11. The number of hydrogen-bond donors (Lipinski definition) is 1. The number of nitrogens with two attached hydrogens (primary N) is 1. The van der Waals surface area contributed by atoms with Crippen molar-refractivity contribution in [2.75, 3.05) is 18.9 Å². The predicted molar refractivity (Wildman–Crippen MR) is 159 cm³/mol. The topological polar surface area (TPSA) is 158 Å². The lowest BCUT2D eigenvalue weighted by Gasteiger charge is -2.33. The average molecular weight is 624 g/mol. The Morgan fingerprint density at radius 3 is 2.57 bits per heavy atom. The lowest BCUT2D eigenvalue weighted by molar-refractivity contribution is -0.182. The summed E-state index contributed by atoms with van der Waals surface area (Å²) in [7, 11) is 0. The van der Waals surface area contributed by atoms with Crippen molar-refractivity contribution in [3.8, 4) is 11.8 Å². The monoisotopic (exact) mass is 623 g/mol. The molecule has 2 fully saturated rings. The number of nitrogen functional groups attached to an aromatic ring is 1. The summed E-state index contributed by atoms with van der Waals surface area (Å²) >= 11 is 6.12. The molecular formula is C31H34ClN5O7. The van der Waals surface area contributed by atoms with Crippen molar-refractivity contribution in [2.45, 2.75) is 71.0 Å². The molecule has 2 N–H and O–H groups in total. The summed E-state index contributed by atoms with van der Waals surface area (Å²) in [6.07, 6.45) is 0.442. The van der Waals surface area contributed by atoms with Crippen molar-refractivity contribution < 1.29 is 33.3 Å². The van der Waals surface area contributed by atoms with Crippen LogP contribution < -0.4 is 5.73 Å². The number of ether oxygens (including phenoxy) is 4. The number of halogens is 1. The molecule has 5 rings (SSSR count). The second-order valence-corrected chi connectivity index (χ2v) is 11.5. The Labute approximate surface area is 259 Å². The van der Waals surface area contributed by atoms with E-state index in [9.17, 15) is 14.4 Å². The van der Waals surface area contributed by atoms with Gasteiger partial charge in [-0.15, -0.1) is 0 Å². The molecule has 1 aliphatic carbocycles. The number of ketones is 1. The largest absolute Gasteiger partial charge is 0.463 e. The maximum Gasteiger partial charge on any atom is 0.346 e. The molecule has 3 aromatic rings. The summed E-state index contributed by atoms with van der Waals surface area (Å²) in [6.45, 7) is 5.82. The minimum Gasteiger partial charge on any atom is -0.463 e. The summed E-state index contributed by atoms with van der Waals surface area (Å²) in [4.78, 5) is 51.7. The van der Waals surface area contributed by atoms with E-state index in [1.807, 2.05) is 18.2 Å². The zero-order valence-corrected chi connectivity index (χ0v) is 25.7. The van der Waals surface area contributed by atoms with Crippen LogP contribution in [0.25, 0.3) is 11.2 Å². The number of aromatic nitrogens is 4. The van der Waals surface area contributed by atoms with Crippen LogP contribution in [0.3, 0.4) is 0 Å². The highest BCUT2D eigenvalue weighted by molar-refractivity contribution is 6.28. The molecule has 1 aliphatic heterocycles. The van der Waals surface area contributed by atoms with E-state index in [1.54, 1.807) is 30.5 Å². The third-order valence-corrected chi connectivity index (χ3v) is 8.05. The molecule has 5 atom stereocenters. The number of rotatable bonds is 10. The zero-order chi connectivity index (χ0) is 31.6. The Morgan fingerprint density at radius 2 is 1.93 bits per heavy atom. The average Bonchev–Trinajstić information content (AvgIpc) is 3.66. The van der Waals surface area contributed by atoms with Crippen molar-refractivity contribution in [1.82, 2.24) is 19.5 Å². The number of Topliss-reactive ketones (excluding diaryl/α,β-unsaturated/α-hetero) is 1. The van der Waals surface area contributed by atoms with E-state index in [-0.39, 0.29) is 47.8 Å². The minimum absolute atomic E-state index is 0.0500. The van der Waals surface area contributed by atoms with Gasteiger partial charge in [-0.2, -0.15) is 9.97 Å². The van der Waals surface area contributed by atoms with Gasteiger partial charge in [-0.3, -0.25) is 14.2 Å². The van der Waals surface area contributed by atoms with Crippen LogP contribution in [0.15, 0.2) is 36.7 Å². The number of anilines is 1. The van der Waals surface area contributed by atoms with Crippen molar-refractivity contribution >= 4 is 46.3 Å². The molecule has 3 heterocycles. The first-order valence-corrected chi connectivity index (χ1v) is 14.7. The van der Waals surface area contributed by atoms with Crippen LogP contribution in [0.4, 0.5) is 5.82 Å². The summed E-state index contributed by atoms with van der Waals surface area (Å²) in [5.74, 6) is 4.95. The highest BCUT2D eigenvalue weighted by atomic mass is 35.5. The van der Waals surface area contributed by atoms with Crippen LogP contribution in [-0.2, 0) is 39.8 Å². The molecule has 2 aromatic heterocycles. The van der Waals surface area contributed by atoms with Crippen LogP contribution in [0.5, 0.6) is 0 Å². The third-order valence-electron chi connectivity index (χ3n) is 7.88. The van der Waals surface area contributed by atoms with Crippen LogP contribution in [0.1, 0.15) is 52.3 Å². The maximum absolute atomic E-state index is 13.4. The van der Waals surface area contributed by atoms with Crippen molar-refractivity contribution in [1.29, 1.82) is 0 Å². The van der Waals surface area contributed by atoms with Gasteiger partial charge in [-0.1, -0.05) is 42.2 Å². The molecule has 1 aromatic carbocycles. The third kappa shape index (κ3) is 6.13. The number of imidazole rings is 1. The van der Waals surface area contributed by atoms with Gasteiger partial charge in [-0.05, 0) is 50.8 Å². The fourth-order valence-electron chi connectivity index (χ4n) is 5.28. The van der Waals surface area contributed by atoms with Gasteiger partial charge in [-0.25, -0.2) is 9.78 Å². The Balaban J connectivity index is 1.57. The number of esters is 2. The molecule has 1 saturated heterocycles. The molecule has 0 bridgehead atoms. The SMILES string of the molecule is CCOC(=O)C(Cc1ccccc1)(OC[C@H]1O[C@@H](n2cnc3c(N)nc(Cl)nc32)[C@H](OC(C)=O)[C@@]1(C)C#CC1CC1)C(C)=O. The van der Waals surface area contributed by atoms with Crippen molar-refractivity contribution in [3.63, 3.8) is 0 Å². The Bertz CT molecular complexity index is 1630. The highest BCUT2D eigenvalue weighted by Crippen LogP contribution is 2.47. The smallest absolute Gasteiger partial charge is 0.346 e. The lowest BCUT2D eigenvalue weighted by atomic mass is 9.80. The molecule has 1 unspecified atom stereocenters. The van der Waals surface area contributed by atoms with Gasteiger partial charge < -0.3 is 24.7 Å². The molecule has 13 heteroatoms. The highest BCUT2D eigenvalue weighted by Gasteiger charge is 2.58. The van der Waals surface area contributed by atoms with E-state index in [0.717, 1.165) is 12.8 Å². The number of nitrogens with zero attached hydrogens (tertiary/aromatic N) is 4. The summed E-state index contributed by atoms with van der Waals surface area (Å²) in [6, 6.07) is 9.05. The summed E-state index contributed by atoms with van der Waals surface area (Å²) < 4.78 is 25.6. The summed E-state index contributed by atoms with van der Waals surface area (Å²) in [5, 5.41) is -0.100. The van der Waals surface area contributed by atoms with E-state index in [0.29, 0.717) is 5.56 Å². The van der Waals surface area contributed by atoms with Crippen LogP contribution in [0, 0.1) is 23.2 Å². The molecule has 0 spiro atoms. The van der Waals surface area contributed by atoms with Gasteiger partial charge in [0.2, 0.25) is 10.9 Å². The molecule has 0 amide bonds. The molecule has 12 nitrogen and oxygen atoms in total. The number of carbonyl (C=O) groups is 3. The fourth-order valence-corrected chi connectivity index (χ4v) is 5.45. The maximum atomic E-state index is 13.4. The van der Waals surface area contributed by atoms with Gasteiger partial charge in [0.1, 0.15) is 11.6 Å². The molecule has 44 heavy (non-hydrogen) atoms. The van der Waals surface area contributed by atoms with Crippen LogP contribution >= 0.6 is 11.6 Å². The van der Waals surface area contributed by atoms with Gasteiger partial charge in [0.05, 0.1) is 25.0 Å². The van der Waals surface area contributed by atoms with E-state index in [4.69, 9.17) is 36.3 Å². The van der Waals surface area contributed by atoms with Gasteiger partial charge in [0, 0.05) is 19.3 Å². The van der Waals surface area contributed by atoms with E-state index >= 15 is 0 Å². The first-order chi connectivity index (χ1) is 21.0. The second-order valence-electron chi connectivity index (χ2n) is 11.2. The normalized spacial score (nSPS) is 24.2. The predicted octanol–water partition coefficient (Wildman–Crippen LogP) is 3.46. The van der Waals surface area contributed by atoms with Gasteiger partial charge in [0.25, 0.3) is 0 Å². The second kappa shape index (κ2) is 12.5. The minimum atomic E-state index is -1.96. The van der Waals surface area contributed by atoms with E-state index in [1.165, 1.54) is 20.2 Å². The Hall–Kier alpha value is -4.05. The van der Waals surface area contributed by atoms with Crippen molar-refractivity contribution in [2.24, 2.45) is 11.3 Å². The van der Waals surface area contributed by atoms with Crippen molar-refractivity contribution in [3.05, 3.63) is 47.5 Å². The number of benzene rings is 1. The first kappa shape index (κ1) is 31.4. The number of carbonyl (C=O) groups excluding carboxylic acids is 3. The molecular weight excluding hydrogens is 590 g/mol. The van der Waals surface area contributed by atoms with Crippen LogP contribution in [-0.4, -0.2) is 68.3 Å². The quantitative estimate of drug-likeness (QED) is 0.153. The summed E-state index contributed by atoms with van der Waals surface area (Å²) in [5.41, 5.74) is 4.17. The molecule has 2 aliphatic rings.